The molecular formula is C18H20N2O3S. The molecule has 0 fully saturated rings. The van der Waals surface area contributed by atoms with Gasteiger partial charge in [-0.25, -0.2) is 12.4 Å². The molecule has 5 nitrogen and oxygen atoms in total. The van der Waals surface area contributed by atoms with E-state index in [0.29, 0.717) is 17.8 Å². The molecule has 3 rings (SSSR count). The molecule has 0 amide bonds. The van der Waals surface area contributed by atoms with Crippen molar-refractivity contribution < 1.29 is 13.2 Å². The quantitative estimate of drug-likeness (QED) is 0.714. The van der Waals surface area contributed by atoms with E-state index in [4.69, 9.17) is 4.74 Å². The summed E-state index contributed by atoms with van der Waals surface area (Å²) in [7, 11) is 1.89. The third kappa shape index (κ3) is 2.90. The van der Waals surface area contributed by atoms with Gasteiger partial charge in [0.2, 0.25) is 0 Å². The minimum absolute atomic E-state index is 0.263. The number of methoxy groups -OCH3 is 1. The fourth-order valence-corrected chi connectivity index (χ4v) is 4.13. The first-order chi connectivity index (χ1) is 11.4. The molecule has 1 aromatic heterocycles. The summed E-state index contributed by atoms with van der Waals surface area (Å²) in [6.45, 7) is 0.698. The van der Waals surface area contributed by atoms with Crippen LogP contribution in [0.15, 0.2) is 59.6 Å². The van der Waals surface area contributed by atoms with Crippen molar-refractivity contribution in [3.8, 4) is 5.75 Å². The molecule has 24 heavy (non-hydrogen) atoms. The second-order valence-electron chi connectivity index (χ2n) is 5.89. The second-order valence-corrected chi connectivity index (χ2v) is 7.70. The van der Waals surface area contributed by atoms with Crippen LogP contribution in [0.4, 0.5) is 0 Å². The van der Waals surface area contributed by atoms with Gasteiger partial charge in [0.15, 0.2) is 0 Å². The number of rotatable bonds is 5. The molecule has 0 unspecified atom stereocenters. The molecular weight excluding hydrogens is 324 g/mol. The lowest BCUT2D eigenvalue weighted by molar-refractivity contribution is 0.397. The highest BCUT2D eigenvalue weighted by molar-refractivity contribution is 7.90. The van der Waals surface area contributed by atoms with Crippen molar-refractivity contribution in [2.75, 3.05) is 21.2 Å². The van der Waals surface area contributed by atoms with E-state index in [1.165, 1.54) is 3.97 Å². The van der Waals surface area contributed by atoms with E-state index in [2.05, 4.69) is 0 Å². The number of nitrogens with zero attached hydrogens (tertiary/aromatic N) is 2. The van der Waals surface area contributed by atoms with Gasteiger partial charge in [-0.1, -0.05) is 18.2 Å². The molecule has 0 saturated heterocycles. The maximum atomic E-state index is 13.0. The molecule has 0 atom stereocenters. The van der Waals surface area contributed by atoms with Crippen molar-refractivity contribution >= 4 is 20.9 Å². The minimum Gasteiger partial charge on any atom is -0.497 e. The van der Waals surface area contributed by atoms with Gasteiger partial charge in [0.05, 0.1) is 17.5 Å². The minimum atomic E-state index is -3.64. The summed E-state index contributed by atoms with van der Waals surface area (Å²) in [6.07, 6.45) is 1.60. The fourth-order valence-electron chi connectivity index (χ4n) is 2.77. The standard InChI is InChI=1S/C18H20N2O3S/c1-19(2)13-14-11-15(23-3)12-18-17(14)9-10-20(18)24(21,22)16-7-5-4-6-8-16/h4-12H,13H2,1-3H3. The Labute approximate surface area is 142 Å². The van der Waals surface area contributed by atoms with E-state index in [1.807, 2.05) is 31.1 Å². The van der Waals surface area contributed by atoms with Crippen LogP contribution in [0.25, 0.3) is 10.9 Å². The van der Waals surface area contributed by atoms with E-state index in [-0.39, 0.29) is 4.90 Å². The second kappa shape index (κ2) is 6.30. The summed E-state index contributed by atoms with van der Waals surface area (Å²) in [6, 6.07) is 14.0. The Balaban J connectivity index is 2.24. The molecule has 0 aliphatic carbocycles. The predicted molar refractivity (Wildman–Crippen MR) is 94.9 cm³/mol. The first-order valence-electron chi connectivity index (χ1n) is 7.57. The van der Waals surface area contributed by atoms with Gasteiger partial charge in [0.1, 0.15) is 5.75 Å². The smallest absolute Gasteiger partial charge is 0.268 e. The van der Waals surface area contributed by atoms with Crippen molar-refractivity contribution in [3.05, 3.63) is 60.3 Å². The van der Waals surface area contributed by atoms with Gasteiger partial charge in [-0.3, -0.25) is 0 Å². The Morgan fingerprint density at radius 1 is 1.08 bits per heavy atom. The maximum Gasteiger partial charge on any atom is 0.268 e. The van der Waals surface area contributed by atoms with Crippen molar-refractivity contribution in [2.45, 2.75) is 11.4 Å². The molecule has 2 aromatic carbocycles. The number of aromatic nitrogens is 1. The van der Waals surface area contributed by atoms with Crippen LogP contribution >= 0.6 is 0 Å². The summed E-state index contributed by atoms with van der Waals surface area (Å²) in [5.41, 5.74) is 1.64. The molecule has 0 aliphatic heterocycles. The van der Waals surface area contributed by atoms with Crippen LogP contribution in [0.3, 0.4) is 0 Å². The normalized spacial score (nSPS) is 12.0. The molecule has 3 aromatic rings. The Morgan fingerprint density at radius 3 is 2.42 bits per heavy atom. The third-order valence-electron chi connectivity index (χ3n) is 3.85. The predicted octanol–water partition coefficient (Wildman–Crippen LogP) is 2.95. The lowest BCUT2D eigenvalue weighted by Crippen LogP contribution is -2.13. The third-order valence-corrected chi connectivity index (χ3v) is 5.56. The summed E-state index contributed by atoms with van der Waals surface area (Å²) < 4.78 is 32.6. The lowest BCUT2D eigenvalue weighted by atomic mass is 10.1. The summed E-state index contributed by atoms with van der Waals surface area (Å²) >= 11 is 0. The lowest BCUT2D eigenvalue weighted by Gasteiger charge is -2.14. The number of benzene rings is 2. The van der Waals surface area contributed by atoms with Crippen molar-refractivity contribution in [1.82, 2.24) is 8.87 Å². The molecule has 1 heterocycles. The number of hydrogen-bond acceptors (Lipinski definition) is 4. The van der Waals surface area contributed by atoms with Crippen LogP contribution in [0.2, 0.25) is 0 Å². The monoisotopic (exact) mass is 344 g/mol. The van der Waals surface area contributed by atoms with Gasteiger partial charge in [0.25, 0.3) is 10.0 Å². The van der Waals surface area contributed by atoms with Gasteiger partial charge in [0, 0.05) is 24.2 Å². The first-order valence-corrected chi connectivity index (χ1v) is 9.01. The van der Waals surface area contributed by atoms with Crippen LogP contribution < -0.4 is 4.74 Å². The zero-order valence-corrected chi connectivity index (χ0v) is 14.7. The highest BCUT2D eigenvalue weighted by Crippen LogP contribution is 2.29. The van der Waals surface area contributed by atoms with Crippen molar-refractivity contribution in [1.29, 1.82) is 0 Å². The highest BCUT2D eigenvalue weighted by atomic mass is 32.2. The Hall–Kier alpha value is -2.31. The largest absolute Gasteiger partial charge is 0.497 e. The number of hydrogen-bond donors (Lipinski definition) is 0. The summed E-state index contributed by atoms with van der Waals surface area (Å²) in [5.74, 6) is 0.641. The summed E-state index contributed by atoms with van der Waals surface area (Å²) in [4.78, 5) is 2.30. The van der Waals surface area contributed by atoms with Gasteiger partial charge in [-0.05, 0) is 43.9 Å². The van der Waals surface area contributed by atoms with E-state index < -0.39 is 10.0 Å². The van der Waals surface area contributed by atoms with Crippen LogP contribution in [-0.2, 0) is 16.6 Å². The average molecular weight is 344 g/mol. The van der Waals surface area contributed by atoms with Gasteiger partial charge < -0.3 is 9.64 Å². The Kier molecular flexibility index (Phi) is 4.34. The molecule has 0 spiro atoms. The number of fused-ring (bicyclic) bond motifs is 1. The van der Waals surface area contributed by atoms with Crippen LogP contribution in [0.5, 0.6) is 5.75 Å². The summed E-state index contributed by atoms with van der Waals surface area (Å²) in [5, 5.41) is 0.906. The Morgan fingerprint density at radius 2 is 1.79 bits per heavy atom. The molecule has 0 saturated carbocycles. The molecule has 0 N–H and O–H groups in total. The maximum absolute atomic E-state index is 13.0. The SMILES string of the molecule is COc1cc(CN(C)C)c2ccn(S(=O)(=O)c3ccccc3)c2c1. The number of ether oxygens (including phenoxy) is 1. The van der Waals surface area contributed by atoms with Crippen LogP contribution in [0.1, 0.15) is 5.56 Å². The van der Waals surface area contributed by atoms with Crippen molar-refractivity contribution in [2.24, 2.45) is 0 Å². The fraction of sp³-hybridized carbons (Fsp3) is 0.222. The van der Waals surface area contributed by atoms with Gasteiger partial charge in [-0.15, -0.1) is 0 Å². The highest BCUT2D eigenvalue weighted by Gasteiger charge is 2.20. The first kappa shape index (κ1) is 16.5. The topological polar surface area (TPSA) is 51.5 Å². The van der Waals surface area contributed by atoms with Gasteiger partial charge >= 0.3 is 0 Å². The molecule has 0 radical (unpaired) electrons. The van der Waals surface area contributed by atoms with E-state index in [9.17, 15) is 8.42 Å². The average Bonchev–Trinajstić information content (AvgIpc) is 3.00. The van der Waals surface area contributed by atoms with Crippen molar-refractivity contribution in [3.63, 3.8) is 0 Å². The molecule has 0 bridgehead atoms. The van der Waals surface area contributed by atoms with Crippen LogP contribution in [-0.4, -0.2) is 38.5 Å². The van der Waals surface area contributed by atoms with E-state index >= 15 is 0 Å². The van der Waals surface area contributed by atoms with E-state index in [1.54, 1.807) is 49.7 Å². The molecule has 0 aliphatic rings. The van der Waals surface area contributed by atoms with Gasteiger partial charge in [-0.2, -0.15) is 0 Å². The molecule has 6 heteroatoms. The van der Waals surface area contributed by atoms with Crippen LogP contribution in [0, 0.1) is 0 Å². The zero-order valence-electron chi connectivity index (χ0n) is 13.9. The molecule has 126 valence electrons. The Bertz CT molecular complexity index is 961. The van der Waals surface area contributed by atoms with E-state index in [0.717, 1.165) is 10.9 Å². The zero-order chi connectivity index (χ0) is 17.3.